The average molecular weight is 563 g/mol. The second-order valence-corrected chi connectivity index (χ2v) is 10.9. The van der Waals surface area contributed by atoms with Crippen molar-refractivity contribution in [1.29, 1.82) is 0 Å². The number of rotatable bonds is 12. The van der Waals surface area contributed by atoms with E-state index >= 15 is 0 Å². The molecule has 3 rings (SSSR count). The number of carbonyl (C=O) groups is 4. The van der Waals surface area contributed by atoms with Gasteiger partial charge >= 0.3 is 5.97 Å². The number of nitrogens with two attached hydrogens (primary N) is 1. The number of hydrogen-bond acceptors (Lipinski definition) is 8. The number of allylic oxidation sites excluding steroid dienone is 3. The first-order valence-corrected chi connectivity index (χ1v) is 13.9. The lowest BCUT2D eigenvalue weighted by Crippen LogP contribution is -2.42. The average Bonchev–Trinajstić information content (AvgIpc) is 2.91. The van der Waals surface area contributed by atoms with Crippen molar-refractivity contribution in [2.75, 3.05) is 18.8 Å². The van der Waals surface area contributed by atoms with Gasteiger partial charge in [0.05, 0.1) is 0 Å². The van der Waals surface area contributed by atoms with Gasteiger partial charge < -0.3 is 15.4 Å². The second kappa shape index (κ2) is 13.8. The Balaban J connectivity index is 2.02. The molecule has 41 heavy (non-hydrogen) atoms. The number of aromatic nitrogens is 2. The van der Waals surface area contributed by atoms with Crippen molar-refractivity contribution in [2.45, 2.75) is 71.9 Å². The van der Waals surface area contributed by atoms with Gasteiger partial charge in [0, 0.05) is 24.2 Å². The van der Waals surface area contributed by atoms with Gasteiger partial charge in [-0.05, 0) is 33.3 Å². The number of nitrogen functional groups attached to an aromatic ring is 1. The van der Waals surface area contributed by atoms with Crippen molar-refractivity contribution in [2.24, 2.45) is 0 Å². The maximum Gasteiger partial charge on any atom is 0.348 e. The van der Waals surface area contributed by atoms with Gasteiger partial charge in [0.2, 0.25) is 17.5 Å². The summed E-state index contributed by atoms with van der Waals surface area (Å²) in [6, 6.07) is 8.72. The predicted octanol–water partition coefficient (Wildman–Crippen LogP) is 3.88. The molecule has 1 aromatic heterocycles. The first-order chi connectivity index (χ1) is 19.4. The van der Waals surface area contributed by atoms with E-state index in [1.807, 2.05) is 0 Å². The third-order valence-corrected chi connectivity index (χ3v) is 6.43. The van der Waals surface area contributed by atoms with Crippen LogP contribution in [0.3, 0.4) is 0 Å². The molecule has 0 atom stereocenters. The lowest BCUT2D eigenvalue weighted by atomic mass is 10.0. The van der Waals surface area contributed by atoms with E-state index in [9.17, 15) is 24.0 Å². The van der Waals surface area contributed by atoms with E-state index in [2.05, 4.69) is 11.9 Å². The molecule has 0 radical (unpaired) electrons. The van der Waals surface area contributed by atoms with Crippen LogP contribution in [0.5, 0.6) is 0 Å². The van der Waals surface area contributed by atoms with E-state index < -0.39 is 46.7 Å². The summed E-state index contributed by atoms with van der Waals surface area (Å²) in [5.74, 6) is -2.92. The molecule has 1 aromatic carbocycles. The van der Waals surface area contributed by atoms with Crippen LogP contribution in [0.2, 0.25) is 0 Å². The molecule has 0 unspecified atom stereocenters. The van der Waals surface area contributed by atoms with Gasteiger partial charge in [0.25, 0.3) is 5.56 Å². The number of hydrogen-bond donors (Lipinski definition) is 1. The Kier molecular flexibility index (Phi) is 10.5. The molecule has 2 aromatic rings. The van der Waals surface area contributed by atoms with Crippen LogP contribution < -0.4 is 11.3 Å². The number of benzene rings is 1. The molecular weight excluding hydrogens is 524 g/mol. The summed E-state index contributed by atoms with van der Waals surface area (Å²) in [6.45, 7) is 6.86. The van der Waals surface area contributed by atoms with Gasteiger partial charge in [-0.15, -0.1) is 0 Å². The van der Waals surface area contributed by atoms with Crippen molar-refractivity contribution >= 4 is 29.3 Å². The molecule has 0 aliphatic heterocycles. The molecule has 1 amide bonds. The maximum absolute atomic E-state index is 13.8. The predicted molar refractivity (Wildman–Crippen MR) is 156 cm³/mol. The van der Waals surface area contributed by atoms with E-state index in [-0.39, 0.29) is 23.8 Å². The Morgan fingerprint density at radius 2 is 1.71 bits per heavy atom. The van der Waals surface area contributed by atoms with Crippen molar-refractivity contribution < 1.29 is 23.9 Å². The minimum absolute atomic E-state index is 0.0851. The van der Waals surface area contributed by atoms with Crippen LogP contribution in [0.15, 0.2) is 58.9 Å². The van der Waals surface area contributed by atoms with Crippen LogP contribution in [-0.4, -0.2) is 56.6 Å². The van der Waals surface area contributed by atoms with Crippen molar-refractivity contribution in [3.8, 4) is 11.4 Å². The van der Waals surface area contributed by atoms with Gasteiger partial charge in [-0.3, -0.25) is 23.7 Å². The molecule has 1 heterocycles. The summed E-state index contributed by atoms with van der Waals surface area (Å²) in [5, 5.41) is 0. The molecule has 218 valence electrons. The molecule has 0 spiro atoms. The highest BCUT2D eigenvalue weighted by atomic mass is 16.6. The van der Waals surface area contributed by atoms with Crippen molar-refractivity contribution in [3.63, 3.8) is 0 Å². The Morgan fingerprint density at radius 3 is 2.37 bits per heavy atom. The lowest BCUT2D eigenvalue weighted by Gasteiger charge is -2.25. The van der Waals surface area contributed by atoms with E-state index in [1.165, 1.54) is 23.1 Å². The Hall–Kier alpha value is -4.34. The Labute approximate surface area is 239 Å². The fraction of sp³-hybridized carbons (Fsp3) is 0.419. The second-order valence-electron chi connectivity index (χ2n) is 10.9. The van der Waals surface area contributed by atoms with Crippen molar-refractivity contribution in [1.82, 2.24) is 14.5 Å². The molecule has 0 saturated heterocycles. The number of amides is 1. The largest absolute Gasteiger partial charge is 0.456 e. The SMILES string of the molecule is CCCCCCCN(CC1=CC=CC(=O)C1=O)C(=O)Cn1c(-c2ccccc2)nc(N)c(C(=O)OC(C)(C)C)c1=O. The summed E-state index contributed by atoms with van der Waals surface area (Å²) >= 11 is 0. The monoisotopic (exact) mass is 562 g/mol. The zero-order valence-corrected chi connectivity index (χ0v) is 24.1. The highest BCUT2D eigenvalue weighted by Gasteiger charge is 2.29. The quantitative estimate of drug-likeness (QED) is 0.178. The molecule has 1 aliphatic rings. The van der Waals surface area contributed by atoms with E-state index in [0.717, 1.165) is 30.3 Å². The molecule has 2 N–H and O–H groups in total. The summed E-state index contributed by atoms with van der Waals surface area (Å²) < 4.78 is 6.51. The van der Waals surface area contributed by atoms with Crippen LogP contribution in [0.25, 0.3) is 11.4 Å². The molecule has 10 heteroatoms. The first kappa shape index (κ1) is 31.2. The van der Waals surface area contributed by atoms with Gasteiger partial charge in [0.15, 0.2) is 5.56 Å². The third kappa shape index (κ3) is 8.33. The Bertz CT molecular complexity index is 1420. The summed E-state index contributed by atoms with van der Waals surface area (Å²) in [6.07, 6.45) is 8.88. The smallest absolute Gasteiger partial charge is 0.348 e. The summed E-state index contributed by atoms with van der Waals surface area (Å²) in [4.78, 5) is 70.7. The lowest BCUT2D eigenvalue weighted by molar-refractivity contribution is -0.133. The molecular formula is C31H38N4O6. The van der Waals surface area contributed by atoms with Crippen LogP contribution in [0.1, 0.15) is 70.2 Å². The topological polar surface area (TPSA) is 142 Å². The highest BCUT2D eigenvalue weighted by molar-refractivity contribution is 6.48. The molecule has 1 aliphatic carbocycles. The zero-order valence-electron chi connectivity index (χ0n) is 24.1. The first-order valence-electron chi connectivity index (χ1n) is 13.9. The van der Waals surface area contributed by atoms with E-state index in [4.69, 9.17) is 10.5 Å². The van der Waals surface area contributed by atoms with Crippen molar-refractivity contribution in [3.05, 3.63) is 70.1 Å². The molecule has 0 fully saturated rings. The van der Waals surface area contributed by atoms with Gasteiger partial charge in [0.1, 0.15) is 23.8 Å². The van der Waals surface area contributed by atoms with Crippen LogP contribution in [0.4, 0.5) is 5.82 Å². The molecule has 0 saturated carbocycles. The fourth-order valence-corrected chi connectivity index (χ4v) is 4.37. The molecule has 0 bridgehead atoms. The number of ketones is 2. The Morgan fingerprint density at radius 1 is 1.02 bits per heavy atom. The summed E-state index contributed by atoms with van der Waals surface area (Å²) in [5.41, 5.74) is 4.64. The van der Waals surface area contributed by atoms with Crippen LogP contribution in [0, 0.1) is 0 Å². The zero-order chi connectivity index (χ0) is 30.2. The fourth-order valence-electron chi connectivity index (χ4n) is 4.37. The standard InChI is InChI=1S/C31H38N4O6/c1-5-6-7-8-12-18-34(19-22-16-13-17-23(36)26(22)38)24(37)20-35-28(21-14-10-9-11-15-21)33-27(32)25(29(35)39)30(40)41-31(2,3)4/h9-11,13-17H,5-8,12,18-20,32H2,1-4H3. The molecule has 10 nitrogen and oxygen atoms in total. The number of ether oxygens (including phenoxy) is 1. The normalized spacial score (nSPS) is 13.2. The van der Waals surface area contributed by atoms with E-state index in [0.29, 0.717) is 18.5 Å². The number of carbonyl (C=O) groups excluding carboxylic acids is 4. The van der Waals surface area contributed by atoms with Crippen LogP contribution >= 0.6 is 0 Å². The van der Waals surface area contributed by atoms with E-state index in [1.54, 1.807) is 51.1 Å². The van der Waals surface area contributed by atoms with Gasteiger partial charge in [-0.25, -0.2) is 9.78 Å². The minimum atomic E-state index is -0.940. The summed E-state index contributed by atoms with van der Waals surface area (Å²) in [7, 11) is 0. The number of nitrogens with zero attached hydrogens (tertiary/aromatic N) is 3. The van der Waals surface area contributed by atoms with Gasteiger partial charge in [-0.1, -0.05) is 75.1 Å². The maximum atomic E-state index is 13.8. The highest BCUT2D eigenvalue weighted by Crippen LogP contribution is 2.21. The number of unbranched alkanes of at least 4 members (excludes halogenated alkanes) is 4. The van der Waals surface area contributed by atoms with Crippen LogP contribution in [-0.2, 0) is 25.7 Å². The number of esters is 1. The number of Topliss-reactive ketones (excluding diaryl/α,β-unsaturated/α-hetero) is 1. The minimum Gasteiger partial charge on any atom is -0.456 e. The van der Waals surface area contributed by atoms with Gasteiger partial charge in [-0.2, -0.15) is 0 Å². The number of anilines is 1. The third-order valence-electron chi connectivity index (χ3n) is 6.43.